The summed E-state index contributed by atoms with van der Waals surface area (Å²) in [5.74, 6) is -2.08. The van der Waals surface area contributed by atoms with Crippen LogP contribution in [0.4, 0.5) is 20.2 Å². The molecule has 1 unspecified atom stereocenters. The van der Waals surface area contributed by atoms with E-state index in [1.54, 1.807) is 35.1 Å². The van der Waals surface area contributed by atoms with Crippen LogP contribution in [0.1, 0.15) is 132 Å². The number of hydrogen-bond acceptors (Lipinski definition) is 13. The van der Waals surface area contributed by atoms with Crippen LogP contribution in [0, 0.1) is 11.8 Å². The van der Waals surface area contributed by atoms with Crippen LogP contribution in [-0.4, -0.2) is 116 Å². The molecule has 5 heterocycles. The predicted octanol–water partition coefficient (Wildman–Crippen LogP) is 6.19. The van der Waals surface area contributed by atoms with E-state index in [0.29, 0.717) is 49.8 Å². The number of alkyl halides is 2. The number of fused-ring (bicyclic) bond motifs is 1. The van der Waals surface area contributed by atoms with Gasteiger partial charge in [-0.3, -0.25) is 43.9 Å². The average Bonchev–Trinajstić information content (AvgIpc) is 4.03. The Morgan fingerprint density at radius 1 is 1.02 bits per heavy atom. The number of benzene rings is 1. The molecule has 0 radical (unpaired) electrons. The molecule has 2 aliphatic carbocycles. The van der Waals surface area contributed by atoms with Crippen LogP contribution in [-0.2, 0) is 20.7 Å². The lowest BCUT2D eigenvalue weighted by molar-refractivity contribution is -0.136. The van der Waals surface area contributed by atoms with Crippen LogP contribution >= 0.6 is 0 Å². The van der Waals surface area contributed by atoms with Crippen molar-refractivity contribution in [1.82, 2.24) is 34.9 Å². The van der Waals surface area contributed by atoms with Gasteiger partial charge in [0.25, 0.3) is 24.1 Å². The number of rotatable bonds is 19. The zero-order valence-electron chi connectivity index (χ0n) is 37.1. The third-order valence-corrected chi connectivity index (χ3v) is 13.2. The summed E-state index contributed by atoms with van der Waals surface area (Å²) >= 11 is 0. The maximum Gasteiger partial charge on any atom is 0.284 e. The van der Waals surface area contributed by atoms with E-state index in [9.17, 15) is 37.9 Å². The van der Waals surface area contributed by atoms with E-state index in [0.717, 1.165) is 81.5 Å². The first-order valence-corrected chi connectivity index (χ1v) is 23.1. The number of aromatic nitrogens is 4. The van der Waals surface area contributed by atoms with Crippen molar-refractivity contribution in [1.29, 1.82) is 0 Å². The zero-order valence-corrected chi connectivity index (χ0v) is 37.1. The number of oxazole rings is 1. The van der Waals surface area contributed by atoms with Gasteiger partial charge in [0.2, 0.25) is 17.7 Å². The van der Waals surface area contributed by atoms with Gasteiger partial charge in [-0.1, -0.05) is 18.9 Å². The highest BCUT2D eigenvalue weighted by atomic mass is 19.3. The van der Waals surface area contributed by atoms with Gasteiger partial charge in [-0.2, -0.15) is 5.10 Å². The first-order chi connectivity index (χ1) is 31.9. The van der Waals surface area contributed by atoms with Crippen molar-refractivity contribution < 1.29 is 47.0 Å². The minimum Gasteiger partial charge on any atom is -0.444 e. The minimum absolute atomic E-state index is 0.0574. The number of ether oxygens (including phenoxy) is 1. The lowest BCUT2D eigenvalue weighted by Gasteiger charge is -2.31. The smallest absolute Gasteiger partial charge is 0.284 e. The molecule has 2 aliphatic heterocycles. The summed E-state index contributed by atoms with van der Waals surface area (Å²) < 4.78 is 41.4. The van der Waals surface area contributed by atoms with Gasteiger partial charge in [0.15, 0.2) is 11.4 Å². The van der Waals surface area contributed by atoms with Crippen LogP contribution in [0.25, 0.3) is 11.5 Å². The topological polar surface area (TPSA) is 214 Å². The molecule has 0 bridgehead atoms. The summed E-state index contributed by atoms with van der Waals surface area (Å²) in [6, 6.07) is 7.43. The first-order valence-electron chi connectivity index (χ1n) is 23.1. The highest BCUT2D eigenvalue weighted by Gasteiger charge is 2.45. The molecular formula is C47H57F2N9O8. The van der Waals surface area contributed by atoms with Crippen LogP contribution < -0.4 is 16.0 Å². The van der Waals surface area contributed by atoms with E-state index < -0.39 is 47.7 Å². The molecule has 4 aliphatic rings. The number of hydrogen-bond donors (Lipinski definition) is 4. The molecule has 17 nitrogen and oxygen atoms in total. The monoisotopic (exact) mass is 913 g/mol. The number of halogens is 2. The number of anilines is 2. The Balaban J connectivity index is 0.732. The van der Waals surface area contributed by atoms with Crippen molar-refractivity contribution in [2.24, 2.45) is 11.8 Å². The standard InChI is InChI=1S/C47H57F2N9O8/c1-56(20-6-22-65-21-5-18-51-34-9-4-8-33-40(34)47(64)58(46(33)63)37-15-16-39(60)54-44(37)62)25-28-11-13-32(14-12-28)57-26-35(41(55-57)42(48)49)52-43(61)36-27-66-45(53-36)30-17-19-50-31(24-30)23-29-7-2-3-10-38(29)59/h4,8-9,17,19,24,26-29,32,37-38,42,51,59H,2-3,5-7,10-16,18,20-23,25H2,1H3,(H,52,61)(H,54,60,62)/t28?,29-,32?,37?,38-/m1/s1. The number of amides is 5. The third-order valence-electron chi connectivity index (χ3n) is 13.2. The maximum atomic E-state index is 14.2. The van der Waals surface area contributed by atoms with Crippen molar-refractivity contribution in [2.75, 3.05) is 50.5 Å². The third kappa shape index (κ3) is 10.8. The summed E-state index contributed by atoms with van der Waals surface area (Å²) in [6.07, 6.45) is 10.5. The number of nitrogens with zero attached hydrogens (tertiary/aromatic N) is 6. The van der Waals surface area contributed by atoms with Gasteiger partial charge in [-0.15, -0.1) is 0 Å². The van der Waals surface area contributed by atoms with Crippen molar-refractivity contribution in [2.45, 2.75) is 108 Å². The van der Waals surface area contributed by atoms with E-state index >= 15 is 0 Å². The van der Waals surface area contributed by atoms with E-state index in [2.05, 4.69) is 43.0 Å². The van der Waals surface area contributed by atoms with Crippen LogP contribution in [0.5, 0.6) is 0 Å². The van der Waals surface area contributed by atoms with Crippen LogP contribution in [0.15, 0.2) is 53.4 Å². The lowest BCUT2D eigenvalue weighted by Crippen LogP contribution is -2.54. The second-order valence-electron chi connectivity index (χ2n) is 17.9. The molecule has 5 amide bonds. The number of pyridine rings is 1. The summed E-state index contributed by atoms with van der Waals surface area (Å²) in [4.78, 5) is 75.7. The van der Waals surface area contributed by atoms with Gasteiger partial charge in [0.05, 0.1) is 29.0 Å². The fourth-order valence-electron chi connectivity index (χ4n) is 9.69. The summed E-state index contributed by atoms with van der Waals surface area (Å²) in [6.45, 7) is 3.32. The van der Waals surface area contributed by atoms with Crippen LogP contribution in [0.2, 0.25) is 0 Å². The van der Waals surface area contributed by atoms with E-state index in [-0.39, 0.29) is 59.3 Å². The van der Waals surface area contributed by atoms with Gasteiger partial charge in [-0.05, 0) is 107 Å². The first kappa shape index (κ1) is 46.6. The molecule has 1 saturated heterocycles. The Kier molecular flexibility index (Phi) is 14.9. The molecule has 4 N–H and O–H groups in total. The minimum atomic E-state index is -2.89. The molecule has 19 heteroatoms. The fourth-order valence-corrected chi connectivity index (χ4v) is 9.69. The number of nitrogens with one attached hydrogen (secondary N) is 3. The van der Waals surface area contributed by atoms with Crippen molar-refractivity contribution in [3.8, 4) is 11.5 Å². The number of imide groups is 2. The summed E-state index contributed by atoms with van der Waals surface area (Å²) in [5.41, 5.74) is 1.76. The van der Waals surface area contributed by atoms with Gasteiger partial charge < -0.3 is 29.8 Å². The quantitative estimate of drug-likeness (QED) is 0.0611. The van der Waals surface area contributed by atoms with E-state index in [1.165, 1.54) is 12.5 Å². The number of carbonyl (C=O) groups excluding carboxylic acids is 5. The number of piperidine rings is 1. The molecule has 3 atom stereocenters. The zero-order chi connectivity index (χ0) is 46.3. The Morgan fingerprint density at radius 3 is 2.61 bits per heavy atom. The summed E-state index contributed by atoms with van der Waals surface area (Å²) in [5, 5.41) is 22.7. The molecule has 352 valence electrons. The van der Waals surface area contributed by atoms with E-state index in [4.69, 9.17) is 9.15 Å². The van der Waals surface area contributed by atoms with Gasteiger partial charge >= 0.3 is 0 Å². The second-order valence-corrected chi connectivity index (χ2v) is 17.9. The van der Waals surface area contributed by atoms with Crippen LogP contribution in [0.3, 0.4) is 0 Å². The SMILES string of the molecule is CN(CCCOCCCNc1cccc2c1C(=O)N(C1CCC(=O)NC1=O)C2=O)CC1CCC(n2cc(NC(=O)c3coc(-c4ccnc(C[C@H]5CCCC[C@H]5O)c4)n3)c(C(F)F)n2)CC1. The Hall–Kier alpha value is -5.92. The molecule has 2 saturated carbocycles. The maximum absolute atomic E-state index is 14.2. The van der Waals surface area contributed by atoms with Crippen molar-refractivity contribution >= 4 is 40.9 Å². The van der Waals surface area contributed by atoms with E-state index in [1.807, 2.05) is 6.07 Å². The lowest BCUT2D eigenvalue weighted by atomic mass is 9.83. The number of aliphatic hydroxyl groups excluding tert-OH is 1. The van der Waals surface area contributed by atoms with Crippen molar-refractivity contribution in [3.63, 3.8) is 0 Å². The highest BCUT2D eigenvalue weighted by Crippen LogP contribution is 2.36. The fraction of sp³-hybridized carbons (Fsp3) is 0.532. The van der Waals surface area contributed by atoms with Gasteiger partial charge in [0, 0.05) is 68.6 Å². The normalized spacial score (nSPS) is 22.3. The molecule has 8 rings (SSSR count). The summed E-state index contributed by atoms with van der Waals surface area (Å²) in [7, 11) is 2.08. The largest absolute Gasteiger partial charge is 0.444 e. The molecular weight excluding hydrogens is 857 g/mol. The Morgan fingerprint density at radius 2 is 1.82 bits per heavy atom. The molecule has 0 spiro atoms. The van der Waals surface area contributed by atoms with Gasteiger partial charge in [-0.25, -0.2) is 13.8 Å². The van der Waals surface area contributed by atoms with Crippen molar-refractivity contribution in [3.05, 3.63) is 77.2 Å². The molecule has 3 aromatic heterocycles. The highest BCUT2D eigenvalue weighted by molar-refractivity contribution is 6.25. The average molecular weight is 914 g/mol. The Bertz CT molecular complexity index is 2400. The van der Waals surface area contributed by atoms with Gasteiger partial charge in [0.1, 0.15) is 12.3 Å². The molecule has 3 fully saturated rings. The molecule has 4 aromatic rings. The number of aliphatic hydroxyl groups is 1. The molecule has 1 aromatic carbocycles. The Labute approximate surface area is 381 Å². The molecule has 66 heavy (non-hydrogen) atoms. The number of carbonyl (C=O) groups is 5. The second kappa shape index (κ2) is 21.1. The predicted molar refractivity (Wildman–Crippen MR) is 237 cm³/mol.